The fourth-order valence-corrected chi connectivity index (χ4v) is 3.76. The van der Waals surface area contributed by atoms with Crippen molar-refractivity contribution < 1.29 is 9.21 Å². The summed E-state index contributed by atoms with van der Waals surface area (Å²) in [6.07, 6.45) is 1.58. The molecule has 4 aromatic rings. The van der Waals surface area contributed by atoms with Crippen LogP contribution in [0.25, 0.3) is 17.3 Å². The molecule has 4 rings (SSSR count). The van der Waals surface area contributed by atoms with Crippen LogP contribution in [0, 0.1) is 6.92 Å². The maximum absolute atomic E-state index is 12.5. The van der Waals surface area contributed by atoms with Gasteiger partial charge in [0.25, 0.3) is 0 Å². The molecule has 0 amide bonds. The fourth-order valence-electron chi connectivity index (χ4n) is 2.73. The molecule has 0 bridgehead atoms. The van der Waals surface area contributed by atoms with Crippen LogP contribution in [-0.2, 0) is 0 Å². The lowest BCUT2D eigenvalue weighted by atomic mass is 10.1. The molecule has 0 radical (unpaired) electrons. The van der Waals surface area contributed by atoms with Crippen molar-refractivity contribution in [1.29, 1.82) is 0 Å². The van der Waals surface area contributed by atoms with Crippen molar-refractivity contribution in [2.45, 2.75) is 12.1 Å². The Labute approximate surface area is 171 Å². The number of rotatable bonds is 6. The third-order valence-corrected chi connectivity index (χ3v) is 5.31. The van der Waals surface area contributed by atoms with Crippen LogP contribution in [0.5, 0.6) is 0 Å². The summed E-state index contributed by atoms with van der Waals surface area (Å²) in [7, 11) is 0. The Morgan fingerprint density at radius 1 is 1.11 bits per heavy atom. The largest absolute Gasteiger partial charge is 0.461 e. The second-order valence-electron chi connectivity index (χ2n) is 6.18. The first-order chi connectivity index (χ1) is 13.6. The maximum Gasteiger partial charge on any atom is 0.205 e. The first-order valence-electron chi connectivity index (χ1n) is 8.60. The van der Waals surface area contributed by atoms with E-state index in [9.17, 15) is 4.79 Å². The van der Waals surface area contributed by atoms with Gasteiger partial charge in [-0.1, -0.05) is 59.3 Å². The summed E-state index contributed by atoms with van der Waals surface area (Å²) in [6.45, 7) is 1.99. The molecule has 5 nitrogen and oxygen atoms in total. The lowest BCUT2D eigenvalue weighted by Crippen LogP contribution is -2.05. The molecule has 140 valence electrons. The first kappa shape index (κ1) is 18.5. The molecular weight excluding hydrogens is 394 g/mol. The van der Waals surface area contributed by atoms with E-state index in [0.29, 0.717) is 27.3 Å². The van der Waals surface area contributed by atoms with Gasteiger partial charge in [0, 0.05) is 10.6 Å². The molecule has 0 atom stereocenters. The van der Waals surface area contributed by atoms with Gasteiger partial charge in [-0.05, 0) is 37.3 Å². The summed E-state index contributed by atoms with van der Waals surface area (Å²) in [6, 6.07) is 18.5. The summed E-state index contributed by atoms with van der Waals surface area (Å²) >= 11 is 7.50. The molecule has 0 unspecified atom stereocenters. The van der Waals surface area contributed by atoms with Crippen LogP contribution in [0.1, 0.15) is 15.9 Å². The number of aryl methyl sites for hydroxylation is 1. The van der Waals surface area contributed by atoms with Gasteiger partial charge in [-0.25, -0.2) is 0 Å². The number of thioether (sulfide) groups is 1. The Morgan fingerprint density at radius 3 is 2.64 bits per heavy atom. The second kappa shape index (κ2) is 8.04. The molecule has 2 aromatic carbocycles. The number of carbonyl (C=O) groups excluding carboxylic acids is 1. The van der Waals surface area contributed by atoms with E-state index in [4.69, 9.17) is 16.0 Å². The molecule has 0 fully saturated rings. The molecule has 7 heteroatoms. The van der Waals surface area contributed by atoms with Gasteiger partial charge < -0.3 is 4.42 Å². The normalized spacial score (nSPS) is 10.9. The number of hydrogen-bond acceptors (Lipinski definition) is 5. The molecule has 28 heavy (non-hydrogen) atoms. The average molecular weight is 410 g/mol. The summed E-state index contributed by atoms with van der Waals surface area (Å²) in [5.74, 6) is 1.42. The Hall–Kier alpha value is -2.83. The van der Waals surface area contributed by atoms with E-state index in [1.165, 1.54) is 11.8 Å². The molecule has 0 aliphatic heterocycles. The van der Waals surface area contributed by atoms with Crippen LogP contribution in [0.15, 0.2) is 76.5 Å². The average Bonchev–Trinajstić information content (AvgIpc) is 3.36. The van der Waals surface area contributed by atoms with Crippen LogP contribution in [0.3, 0.4) is 0 Å². The van der Waals surface area contributed by atoms with E-state index in [1.54, 1.807) is 18.4 Å². The zero-order valence-electron chi connectivity index (χ0n) is 15.0. The Kier molecular flexibility index (Phi) is 5.32. The SMILES string of the molecule is Cc1ccc(C(=O)CSc2nnc(-c3ccco3)n2-c2cccc(Cl)c2)cc1. The zero-order valence-corrected chi connectivity index (χ0v) is 16.6. The Morgan fingerprint density at radius 2 is 1.93 bits per heavy atom. The number of hydrogen-bond donors (Lipinski definition) is 0. The molecular formula is C21H16ClN3O2S. The Balaban J connectivity index is 1.65. The smallest absolute Gasteiger partial charge is 0.205 e. The highest BCUT2D eigenvalue weighted by Crippen LogP contribution is 2.29. The minimum atomic E-state index is 0.0326. The minimum Gasteiger partial charge on any atom is -0.461 e. The summed E-state index contributed by atoms with van der Waals surface area (Å²) in [5, 5.41) is 9.74. The van der Waals surface area contributed by atoms with Crippen molar-refractivity contribution in [3.8, 4) is 17.3 Å². The van der Waals surface area contributed by atoms with Crippen molar-refractivity contribution in [1.82, 2.24) is 14.8 Å². The van der Waals surface area contributed by atoms with E-state index < -0.39 is 0 Å². The van der Waals surface area contributed by atoms with Gasteiger partial charge in [0.1, 0.15) is 0 Å². The van der Waals surface area contributed by atoms with Crippen molar-refractivity contribution >= 4 is 29.1 Å². The Bertz CT molecular complexity index is 1110. The number of aromatic nitrogens is 3. The van der Waals surface area contributed by atoms with E-state index in [0.717, 1.165) is 11.3 Å². The first-order valence-corrected chi connectivity index (χ1v) is 9.96. The van der Waals surface area contributed by atoms with E-state index in [1.807, 2.05) is 60.0 Å². The van der Waals surface area contributed by atoms with Crippen LogP contribution >= 0.6 is 23.4 Å². The van der Waals surface area contributed by atoms with Crippen molar-refractivity contribution in [2.75, 3.05) is 5.75 Å². The molecule has 0 saturated carbocycles. The van der Waals surface area contributed by atoms with Gasteiger partial charge in [-0.15, -0.1) is 10.2 Å². The quantitative estimate of drug-likeness (QED) is 0.312. The molecule has 0 N–H and O–H groups in total. The molecule has 0 saturated heterocycles. The van der Waals surface area contributed by atoms with Crippen LogP contribution in [0.2, 0.25) is 5.02 Å². The van der Waals surface area contributed by atoms with E-state index in [-0.39, 0.29) is 11.5 Å². The van der Waals surface area contributed by atoms with Gasteiger partial charge in [0.2, 0.25) is 5.82 Å². The highest BCUT2D eigenvalue weighted by Gasteiger charge is 2.19. The summed E-state index contributed by atoms with van der Waals surface area (Å²) < 4.78 is 7.34. The number of carbonyl (C=O) groups is 1. The lowest BCUT2D eigenvalue weighted by molar-refractivity contribution is 0.102. The van der Waals surface area contributed by atoms with Gasteiger partial charge in [0.05, 0.1) is 17.7 Å². The third kappa shape index (κ3) is 3.88. The van der Waals surface area contributed by atoms with Crippen molar-refractivity contribution in [2.24, 2.45) is 0 Å². The lowest BCUT2D eigenvalue weighted by Gasteiger charge is -2.09. The summed E-state index contributed by atoms with van der Waals surface area (Å²) in [5.41, 5.74) is 2.60. The topological polar surface area (TPSA) is 60.9 Å². The van der Waals surface area contributed by atoms with Gasteiger partial charge in [-0.3, -0.25) is 9.36 Å². The van der Waals surface area contributed by atoms with Gasteiger partial charge in [-0.2, -0.15) is 0 Å². The van der Waals surface area contributed by atoms with Crippen molar-refractivity contribution in [3.05, 3.63) is 83.1 Å². The van der Waals surface area contributed by atoms with Crippen LogP contribution in [-0.4, -0.2) is 26.3 Å². The summed E-state index contributed by atoms with van der Waals surface area (Å²) in [4.78, 5) is 12.5. The highest BCUT2D eigenvalue weighted by molar-refractivity contribution is 7.99. The highest BCUT2D eigenvalue weighted by atomic mass is 35.5. The zero-order chi connectivity index (χ0) is 19.5. The number of nitrogens with zero attached hydrogens (tertiary/aromatic N) is 3. The van der Waals surface area contributed by atoms with Crippen LogP contribution < -0.4 is 0 Å². The fraction of sp³-hybridized carbons (Fsp3) is 0.0952. The van der Waals surface area contributed by atoms with E-state index in [2.05, 4.69) is 10.2 Å². The van der Waals surface area contributed by atoms with Crippen LogP contribution in [0.4, 0.5) is 0 Å². The molecule has 2 heterocycles. The number of furan rings is 1. The predicted molar refractivity (Wildman–Crippen MR) is 110 cm³/mol. The molecule has 0 aliphatic carbocycles. The monoisotopic (exact) mass is 409 g/mol. The van der Waals surface area contributed by atoms with Gasteiger partial charge >= 0.3 is 0 Å². The molecule has 0 spiro atoms. The third-order valence-electron chi connectivity index (χ3n) is 4.15. The number of halogens is 1. The number of ketones is 1. The van der Waals surface area contributed by atoms with E-state index >= 15 is 0 Å². The van der Waals surface area contributed by atoms with Gasteiger partial charge in [0.15, 0.2) is 16.7 Å². The minimum absolute atomic E-state index is 0.0326. The molecule has 2 aromatic heterocycles. The second-order valence-corrected chi connectivity index (χ2v) is 7.56. The van der Waals surface area contributed by atoms with Crippen molar-refractivity contribution in [3.63, 3.8) is 0 Å². The number of benzene rings is 2. The standard InChI is InChI=1S/C21H16ClN3O2S/c1-14-7-9-15(10-8-14)18(26)13-28-21-24-23-20(19-6-3-11-27-19)25(21)17-5-2-4-16(22)12-17/h2-12H,13H2,1H3. The molecule has 0 aliphatic rings. The maximum atomic E-state index is 12.5. The number of Topliss-reactive ketones (excluding diaryl/α,β-unsaturated/α-hetero) is 1. The predicted octanol–water partition coefficient (Wildman–Crippen LogP) is 5.46.